The van der Waals surface area contributed by atoms with E-state index in [1.54, 1.807) is 6.21 Å². The maximum atomic E-state index is 12.0. The fourth-order valence-corrected chi connectivity index (χ4v) is 2.69. The van der Waals surface area contributed by atoms with Gasteiger partial charge in [0.05, 0.1) is 19.4 Å². The first kappa shape index (κ1) is 20.9. The SMILES string of the molecule is CCOc1ccc(NCC(=O)NN=Cc2ccccc2OCc2ccccc2)cc1. The highest BCUT2D eigenvalue weighted by Crippen LogP contribution is 2.18. The van der Waals surface area contributed by atoms with Gasteiger partial charge in [-0.2, -0.15) is 5.10 Å². The van der Waals surface area contributed by atoms with Crippen molar-refractivity contribution in [3.05, 3.63) is 90.0 Å². The number of carbonyl (C=O) groups is 1. The molecule has 2 N–H and O–H groups in total. The first-order chi connectivity index (χ1) is 14.7. The van der Waals surface area contributed by atoms with Crippen molar-refractivity contribution >= 4 is 17.8 Å². The summed E-state index contributed by atoms with van der Waals surface area (Å²) in [6, 6.07) is 24.9. The Kier molecular flexibility index (Phi) is 7.85. The average molecular weight is 403 g/mol. The van der Waals surface area contributed by atoms with Crippen LogP contribution in [-0.2, 0) is 11.4 Å². The van der Waals surface area contributed by atoms with Crippen LogP contribution in [0.3, 0.4) is 0 Å². The molecule has 0 unspecified atom stereocenters. The summed E-state index contributed by atoms with van der Waals surface area (Å²) in [5.41, 5.74) is 5.22. The Morgan fingerprint density at radius 1 is 0.933 bits per heavy atom. The number of hydrogen-bond donors (Lipinski definition) is 2. The van der Waals surface area contributed by atoms with Crippen LogP contribution in [0.1, 0.15) is 18.1 Å². The van der Waals surface area contributed by atoms with Gasteiger partial charge in [0.25, 0.3) is 5.91 Å². The van der Waals surface area contributed by atoms with Gasteiger partial charge >= 0.3 is 0 Å². The lowest BCUT2D eigenvalue weighted by molar-refractivity contribution is -0.119. The highest BCUT2D eigenvalue weighted by Gasteiger charge is 2.03. The molecule has 0 radical (unpaired) electrons. The molecule has 3 aromatic rings. The molecular formula is C24H25N3O3. The summed E-state index contributed by atoms with van der Waals surface area (Å²) in [6.45, 7) is 3.12. The van der Waals surface area contributed by atoms with Crippen LogP contribution in [0.25, 0.3) is 0 Å². The monoisotopic (exact) mass is 403 g/mol. The molecule has 0 aliphatic rings. The number of anilines is 1. The molecule has 1 amide bonds. The third-order valence-electron chi connectivity index (χ3n) is 4.17. The predicted molar refractivity (Wildman–Crippen MR) is 119 cm³/mol. The highest BCUT2D eigenvalue weighted by molar-refractivity contribution is 5.86. The van der Waals surface area contributed by atoms with E-state index in [0.29, 0.717) is 19.0 Å². The van der Waals surface area contributed by atoms with Gasteiger partial charge in [-0.3, -0.25) is 4.79 Å². The molecule has 0 spiro atoms. The van der Waals surface area contributed by atoms with Crippen LogP contribution in [0.15, 0.2) is 84.0 Å². The molecule has 0 aliphatic heterocycles. The maximum absolute atomic E-state index is 12.0. The number of hydrazone groups is 1. The highest BCUT2D eigenvalue weighted by atomic mass is 16.5. The minimum absolute atomic E-state index is 0.109. The third-order valence-corrected chi connectivity index (χ3v) is 4.17. The molecule has 30 heavy (non-hydrogen) atoms. The summed E-state index contributed by atoms with van der Waals surface area (Å²) < 4.78 is 11.3. The Hall–Kier alpha value is -3.80. The number of ether oxygens (including phenoxy) is 2. The molecule has 0 aromatic heterocycles. The van der Waals surface area contributed by atoms with Crippen LogP contribution >= 0.6 is 0 Å². The second-order valence-corrected chi connectivity index (χ2v) is 6.42. The fraction of sp³-hybridized carbons (Fsp3) is 0.167. The van der Waals surface area contributed by atoms with Gasteiger partial charge in [0, 0.05) is 11.3 Å². The summed E-state index contributed by atoms with van der Waals surface area (Å²) in [5, 5.41) is 7.09. The summed E-state index contributed by atoms with van der Waals surface area (Å²) in [4.78, 5) is 12.0. The van der Waals surface area contributed by atoms with Gasteiger partial charge in [-0.05, 0) is 48.9 Å². The van der Waals surface area contributed by atoms with Crippen molar-refractivity contribution in [1.82, 2.24) is 5.43 Å². The maximum Gasteiger partial charge on any atom is 0.259 e. The van der Waals surface area contributed by atoms with E-state index < -0.39 is 0 Å². The van der Waals surface area contributed by atoms with E-state index in [0.717, 1.165) is 22.6 Å². The second kappa shape index (κ2) is 11.3. The summed E-state index contributed by atoms with van der Waals surface area (Å²) >= 11 is 0. The first-order valence-corrected chi connectivity index (χ1v) is 9.79. The fourth-order valence-electron chi connectivity index (χ4n) is 2.69. The predicted octanol–water partition coefficient (Wildman–Crippen LogP) is 4.23. The molecule has 0 bridgehead atoms. The van der Waals surface area contributed by atoms with Gasteiger partial charge in [-0.15, -0.1) is 0 Å². The number of nitrogens with zero attached hydrogens (tertiary/aromatic N) is 1. The van der Waals surface area contributed by atoms with E-state index in [4.69, 9.17) is 9.47 Å². The van der Waals surface area contributed by atoms with E-state index in [9.17, 15) is 4.79 Å². The van der Waals surface area contributed by atoms with Crippen molar-refractivity contribution in [1.29, 1.82) is 0 Å². The van der Waals surface area contributed by atoms with Gasteiger partial charge in [0.2, 0.25) is 0 Å². The van der Waals surface area contributed by atoms with Crippen LogP contribution in [0.4, 0.5) is 5.69 Å². The van der Waals surface area contributed by atoms with Gasteiger partial charge in [0.1, 0.15) is 18.1 Å². The lowest BCUT2D eigenvalue weighted by Gasteiger charge is -2.09. The van der Waals surface area contributed by atoms with Crippen molar-refractivity contribution in [2.45, 2.75) is 13.5 Å². The molecule has 0 heterocycles. The van der Waals surface area contributed by atoms with E-state index in [2.05, 4.69) is 15.8 Å². The van der Waals surface area contributed by atoms with Crippen molar-refractivity contribution in [3.8, 4) is 11.5 Å². The van der Waals surface area contributed by atoms with Gasteiger partial charge in [-0.1, -0.05) is 42.5 Å². The van der Waals surface area contributed by atoms with E-state index in [1.807, 2.05) is 85.8 Å². The molecular weight excluding hydrogens is 378 g/mol. The van der Waals surface area contributed by atoms with E-state index >= 15 is 0 Å². The molecule has 6 nitrogen and oxygen atoms in total. The van der Waals surface area contributed by atoms with Crippen LogP contribution in [-0.4, -0.2) is 25.3 Å². The number of carbonyl (C=O) groups excluding carboxylic acids is 1. The number of amides is 1. The van der Waals surface area contributed by atoms with Crippen LogP contribution in [0.5, 0.6) is 11.5 Å². The topological polar surface area (TPSA) is 72.0 Å². The van der Waals surface area contributed by atoms with E-state index in [-0.39, 0.29) is 12.5 Å². The summed E-state index contributed by atoms with van der Waals surface area (Å²) in [7, 11) is 0. The molecule has 6 heteroatoms. The summed E-state index contributed by atoms with van der Waals surface area (Å²) in [5.74, 6) is 1.25. The molecule has 0 atom stereocenters. The zero-order valence-electron chi connectivity index (χ0n) is 16.9. The minimum Gasteiger partial charge on any atom is -0.494 e. The molecule has 0 saturated carbocycles. The molecule has 0 fully saturated rings. The minimum atomic E-state index is -0.247. The number of rotatable bonds is 10. The Labute approximate surface area is 176 Å². The second-order valence-electron chi connectivity index (χ2n) is 6.42. The Morgan fingerprint density at radius 2 is 1.67 bits per heavy atom. The molecule has 3 rings (SSSR count). The van der Waals surface area contributed by atoms with E-state index in [1.165, 1.54) is 0 Å². The van der Waals surface area contributed by atoms with Crippen molar-refractivity contribution in [3.63, 3.8) is 0 Å². The number of benzene rings is 3. The van der Waals surface area contributed by atoms with Gasteiger partial charge < -0.3 is 14.8 Å². The molecule has 0 saturated heterocycles. The Morgan fingerprint density at radius 3 is 2.43 bits per heavy atom. The number of hydrogen-bond acceptors (Lipinski definition) is 5. The molecule has 3 aromatic carbocycles. The van der Waals surface area contributed by atoms with Crippen LogP contribution < -0.4 is 20.2 Å². The van der Waals surface area contributed by atoms with Crippen molar-refractivity contribution in [2.24, 2.45) is 5.10 Å². The zero-order valence-corrected chi connectivity index (χ0v) is 16.9. The smallest absolute Gasteiger partial charge is 0.259 e. The number of nitrogens with one attached hydrogen (secondary N) is 2. The largest absolute Gasteiger partial charge is 0.494 e. The molecule has 0 aliphatic carbocycles. The lowest BCUT2D eigenvalue weighted by Crippen LogP contribution is -2.25. The quantitative estimate of drug-likeness (QED) is 0.393. The van der Waals surface area contributed by atoms with Crippen LogP contribution in [0, 0.1) is 0 Å². The first-order valence-electron chi connectivity index (χ1n) is 9.79. The van der Waals surface area contributed by atoms with Gasteiger partial charge in [0.15, 0.2) is 0 Å². The summed E-state index contributed by atoms with van der Waals surface area (Å²) in [6.07, 6.45) is 1.58. The molecule has 154 valence electrons. The van der Waals surface area contributed by atoms with Crippen molar-refractivity contribution in [2.75, 3.05) is 18.5 Å². The van der Waals surface area contributed by atoms with Gasteiger partial charge in [-0.25, -0.2) is 5.43 Å². The average Bonchev–Trinajstić information content (AvgIpc) is 2.79. The lowest BCUT2D eigenvalue weighted by atomic mass is 10.2. The zero-order chi connectivity index (χ0) is 21.0. The number of para-hydroxylation sites is 1. The normalized spacial score (nSPS) is 10.6. The third kappa shape index (κ3) is 6.67. The Balaban J connectivity index is 1.48. The standard InChI is InChI=1S/C24H25N3O3/c1-2-29-22-14-12-21(13-15-22)25-17-24(28)27-26-16-20-10-6-7-11-23(20)30-18-19-8-4-3-5-9-19/h3-16,25H,2,17-18H2,1H3,(H,27,28). The Bertz CT molecular complexity index is 957. The van der Waals surface area contributed by atoms with Crippen LogP contribution in [0.2, 0.25) is 0 Å². The van der Waals surface area contributed by atoms with Crippen molar-refractivity contribution < 1.29 is 14.3 Å².